The number of nitrogens with one attached hydrogen (secondary N) is 1. The van der Waals surface area contributed by atoms with Crippen molar-refractivity contribution in [1.29, 1.82) is 0 Å². The average Bonchev–Trinajstić information content (AvgIpc) is 2.36. The van der Waals surface area contributed by atoms with Crippen LogP contribution in [0.3, 0.4) is 0 Å². The van der Waals surface area contributed by atoms with Gasteiger partial charge < -0.3 is 5.32 Å². The van der Waals surface area contributed by atoms with Crippen LogP contribution in [0.4, 0.5) is 14.5 Å². The van der Waals surface area contributed by atoms with Gasteiger partial charge in [-0.3, -0.25) is 4.79 Å². The quantitative estimate of drug-likeness (QED) is 0.834. The van der Waals surface area contributed by atoms with Gasteiger partial charge in [-0.2, -0.15) is 13.8 Å². The lowest BCUT2D eigenvalue weighted by molar-refractivity contribution is 0.102. The second kappa shape index (κ2) is 5.63. The standard InChI is InChI=1S/C12H6BrClF2N2O/c13-7-5-6(1-2-8(7)14)12(19)17-9-3-4-10(15)18-11(9)16/h1-5H,(H,17,19). The highest BCUT2D eigenvalue weighted by atomic mass is 79.9. The van der Waals surface area contributed by atoms with Crippen molar-refractivity contribution in [2.75, 3.05) is 5.32 Å². The smallest absolute Gasteiger partial charge is 0.255 e. The summed E-state index contributed by atoms with van der Waals surface area (Å²) in [5.74, 6) is -2.59. The molecule has 1 heterocycles. The Morgan fingerprint density at radius 2 is 2.00 bits per heavy atom. The van der Waals surface area contributed by atoms with Gasteiger partial charge in [0, 0.05) is 10.0 Å². The van der Waals surface area contributed by atoms with Gasteiger partial charge in [0.15, 0.2) is 0 Å². The number of halogens is 4. The first-order chi connectivity index (χ1) is 8.97. The van der Waals surface area contributed by atoms with Gasteiger partial charge in [0.1, 0.15) is 0 Å². The number of carbonyl (C=O) groups excluding carboxylic acids is 1. The van der Waals surface area contributed by atoms with Crippen molar-refractivity contribution in [1.82, 2.24) is 4.98 Å². The molecular weight excluding hydrogens is 341 g/mol. The lowest BCUT2D eigenvalue weighted by Crippen LogP contribution is -2.13. The maximum absolute atomic E-state index is 13.3. The SMILES string of the molecule is O=C(Nc1ccc(F)nc1F)c1ccc(Cl)c(Br)c1. The normalized spacial score (nSPS) is 10.3. The van der Waals surface area contributed by atoms with E-state index in [4.69, 9.17) is 11.6 Å². The zero-order valence-electron chi connectivity index (χ0n) is 9.25. The number of carbonyl (C=O) groups is 1. The van der Waals surface area contributed by atoms with Crippen LogP contribution in [0.25, 0.3) is 0 Å². The Balaban J connectivity index is 2.23. The highest BCUT2D eigenvalue weighted by Gasteiger charge is 2.12. The van der Waals surface area contributed by atoms with E-state index < -0.39 is 17.8 Å². The molecule has 3 nitrogen and oxygen atoms in total. The number of pyridine rings is 1. The van der Waals surface area contributed by atoms with E-state index in [9.17, 15) is 13.6 Å². The molecule has 0 fully saturated rings. The monoisotopic (exact) mass is 346 g/mol. The molecule has 2 aromatic rings. The molecule has 0 atom stereocenters. The molecule has 2 rings (SSSR count). The molecule has 1 aromatic heterocycles. The second-order valence-electron chi connectivity index (χ2n) is 3.56. The fourth-order valence-corrected chi connectivity index (χ4v) is 1.83. The number of nitrogens with zero attached hydrogens (tertiary/aromatic N) is 1. The number of aromatic nitrogens is 1. The molecular formula is C12H6BrClF2N2O. The minimum atomic E-state index is -1.08. The summed E-state index contributed by atoms with van der Waals surface area (Å²) < 4.78 is 26.4. The lowest BCUT2D eigenvalue weighted by Gasteiger charge is -2.06. The molecule has 7 heteroatoms. The summed E-state index contributed by atoms with van der Waals surface area (Å²) in [5, 5.41) is 2.74. The topological polar surface area (TPSA) is 42.0 Å². The molecule has 0 spiro atoms. The number of hydrogen-bond acceptors (Lipinski definition) is 2. The van der Waals surface area contributed by atoms with Crippen molar-refractivity contribution in [3.8, 4) is 0 Å². The Kier molecular flexibility index (Phi) is 4.11. The molecule has 0 radical (unpaired) electrons. The van der Waals surface area contributed by atoms with Crippen molar-refractivity contribution in [3.05, 3.63) is 57.3 Å². The van der Waals surface area contributed by atoms with Gasteiger partial charge in [-0.1, -0.05) is 11.6 Å². The van der Waals surface area contributed by atoms with Crippen LogP contribution >= 0.6 is 27.5 Å². The van der Waals surface area contributed by atoms with Gasteiger partial charge in [0.25, 0.3) is 5.91 Å². The Labute approximate surface area is 120 Å². The van der Waals surface area contributed by atoms with Crippen molar-refractivity contribution >= 4 is 39.1 Å². The van der Waals surface area contributed by atoms with Crippen molar-refractivity contribution in [2.24, 2.45) is 0 Å². The van der Waals surface area contributed by atoms with Gasteiger partial charge in [-0.15, -0.1) is 0 Å². The first-order valence-electron chi connectivity index (χ1n) is 5.06. The third-order valence-electron chi connectivity index (χ3n) is 2.24. The Hall–Kier alpha value is -1.53. The predicted octanol–water partition coefficient (Wildman–Crippen LogP) is 4.03. The van der Waals surface area contributed by atoms with Gasteiger partial charge in [-0.05, 0) is 46.3 Å². The van der Waals surface area contributed by atoms with E-state index >= 15 is 0 Å². The van der Waals surface area contributed by atoms with Gasteiger partial charge in [0.05, 0.1) is 10.7 Å². The van der Waals surface area contributed by atoms with Crippen LogP contribution in [0.15, 0.2) is 34.8 Å². The predicted molar refractivity (Wildman–Crippen MR) is 71.3 cm³/mol. The summed E-state index contributed by atoms with van der Waals surface area (Å²) in [6.45, 7) is 0. The van der Waals surface area contributed by atoms with Crippen LogP contribution in [-0.2, 0) is 0 Å². The van der Waals surface area contributed by atoms with E-state index in [1.165, 1.54) is 18.2 Å². The summed E-state index contributed by atoms with van der Waals surface area (Å²) >= 11 is 8.97. The molecule has 0 aliphatic carbocycles. The minimum Gasteiger partial charge on any atom is -0.318 e. The third-order valence-corrected chi connectivity index (χ3v) is 3.46. The second-order valence-corrected chi connectivity index (χ2v) is 4.82. The number of benzene rings is 1. The van der Waals surface area contributed by atoms with E-state index in [-0.39, 0.29) is 11.3 Å². The van der Waals surface area contributed by atoms with Crippen LogP contribution in [0, 0.1) is 11.9 Å². The fourth-order valence-electron chi connectivity index (χ4n) is 1.34. The zero-order valence-corrected chi connectivity index (χ0v) is 11.6. The number of rotatable bonds is 2. The van der Waals surface area contributed by atoms with Gasteiger partial charge in [-0.25, -0.2) is 0 Å². The van der Waals surface area contributed by atoms with E-state index in [1.54, 1.807) is 0 Å². The molecule has 0 aliphatic heterocycles. The zero-order chi connectivity index (χ0) is 14.0. The van der Waals surface area contributed by atoms with E-state index in [0.29, 0.717) is 9.50 Å². The molecule has 0 saturated carbocycles. The van der Waals surface area contributed by atoms with Gasteiger partial charge in [0.2, 0.25) is 11.9 Å². The highest BCUT2D eigenvalue weighted by molar-refractivity contribution is 9.10. The number of hydrogen-bond donors (Lipinski definition) is 1. The molecule has 19 heavy (non-hydrogen) atoms. The summed E-state index contributed by atoms with van der Waals surface area (Å²) in [5.41, 5.74) is 0.0810. The molecule has 1 amide bonds. The first-order valence-corrected chi connectivity index (χ1v) is 6.23. The molecule has 0 unspecified atom stereocenters. The van der Waals surface area contributed by atoms with Crippen molar-refractivity contribution in [2.45, 2.75) is 0 Å². The maximum Gasteiger partial charge on any atom is 0.255 e. The van der Waals surface area contributed by atoms with E-state index in [0.717, 1.165) is 12.1 Å². The Bertz CT molecular complexity index is 652. The summed E-state index contributed by atoms with van der Waals surface area (Å²) in [6.07, 6.45) is 0. The van der Waals surface area contributed by atoms with Crippen molar-refractivity contribution in [3.63, 3.8) is 0 Å². The van der Waals surface area contributed by atoms with E-state index in [1.807, 2.05) is 0 Å². The maximum atomic E-state index is 13.3. The highest BCUT2D eigenvalue weighted by Crippen LogP contribution is 2.23. The van der Waals surface area contributed by atoms with Crippen LogP contribution in [0.1, 0.15) is 10.4 Å². The molecule has 0 aliphatic rings. The summed E-state index contributed by atoms with van der Waals surface area (Å²) in [7, 11) is 0. The molecule has 98 valence electrons. The third kappa shape index (κ3) is 3.27. The minimum absolute atomic E-state index is 0.197. The first kappa shape index (κ1) is 13.9. The Morgan fingerprint density at radius 1 is 1.26 bits per heavy atom. The fraction of sp³-hybridized carbons (Fsp3) is 0. The summed E-state index contributed by atoms with van der Waals surface area (Å²) in [6, 6.07) is 6.56. The van der Waals surface area contributed by atoms with E-state index in [2.05, 4.69) is 26.2 Å². The number of amides is 1. The lowest BCUT2D eigenvalue weighted by atomic mass is 10.2. The van der Waals surface area contributed by atoms with Crippen LogP contribution in [-0.4, -0.2) is 10.9 Å². The molecule has 0 bridgehead atoms. The van der Waals surface area contributed by atoms with Gasteiger partial charge >= 0.3 is 0 Å². The summed E-state index contributed by atoms with van der Waals surface area (Å²) in [4.78, 5) is 14.8. The van der Waals surface area contributed by atoms with Crippen LogP contribution < -0.4 is 5.32 Å². The Morgan fingerprint density at radius 3 is 2.63 bits per heavy atom. The average molecular weight is 348 g/mol. The molecule has 1 N–H and O–H groups in total. The van der Waals surface area contributed by atoms with Crippen LogP contribution in [0.2, 0.25) is 5.02 Å². The largest absolute Gasteiger partial charge is 0.318 e. The molecule has 1 aromatic carbocycles. The molecule has 0 saturated heterocycles. The number of anilines is 1. The van der Waals surface area contributed by atoms with Crippen molar-refractivity contribution < 1.29 is 13.6 Å². The van der Waals surface area contributed by atoms with Crippen LogP contribution in [0.5, 0.6) is 0 Å².